The van der Waals surface area contributed by atoms with Crippen molar-refractivity contribution in [2.45, 2.75) is 44.7 Å². The molecular weight excluding hydrogens is 442 g/mol. The van der Waals surface area contributed by atoms with Gasteiger partial charge >= 0.3 is 5.69 Å². The van der Waals surface area contributed by atoms with Crippen LogP contribution in [0.1, 0.15) is 48.0 Å². The number of hydrogen-bond acceptors (Lipinski definition) is 4. The Hall–Kier alpha value is -3.39. The number of carbonyl (C=O) groups excluding carboxylic acids is 1. The van der Waals surface area contributed by atoms with Crippen LogP contribution in [0.4, 0.5) is 0 Å². The van der Waals surface area contributed by atoms with Crippen molar-refractivity contribution in [1.82, 2.24) is 24.1 Å². The summed E-state index contributed by atoms with van der Waals surface area (Å²) in [6.07, 6.45) is 5.37. The Labute approximate surface area is 194 Å². The molecule has 0 saturated heterocycles. The van der Waals surface area contributed by atoms with E-state index >= 15 is 0 Å². The van der Waals surface area contributed by atoms with Crippen LogP contribution in [0.3, 0.4) is 0 Å². The van der Waals surface area contributed by atoms with Gasteiger partial charge in [0, 0.05) is 23.7 Å². The number of nitrogens with one attached hydrogen (secondary N) is 1. The van der Waals surface area contributed by atoms with Crippen LogP contribution in [0.15, 0.2) is 52.1 Å². The standard InChI is InChI=1S/C24H24ClN5O3/c1-28-22(32)19-12-9-16(21(31)26-18-5-3-2-4-6-18)13-20(19)30-23(28)27-29(24(30)33)14-15-7-10-17(25)11-8-15/h7-13,18H,2-6,14H2,1H3,(H,26,31). The molecule has 1 saturated carbocycles. The van der Waals surface area contributed by atoms with Crippen LogP contribution in [-0.4, -0.2) is 30.7 Å². The van der Waals surface area contributed by atoms with Crippen molar-refractivity contribution in [2.24, 2.45) is 7.05 Å². The summed E-state index contributed by atoms with van der Waals surface area (Å²) in [5.74, 6) is 0.0236. The van der Waals surface area contributed by atoms with E-state index in [1.165, 1.54) is 20.1 Å². The highest BCUT2D eigenvalue weighted by molar-refractivity contribution is 6.30. The van der Waals surface area contributed by atoms with Crippen molar-refractivity contribution < 1.29 is 4.79 Å². The van der Waals surface area contributed by atoms with Gasteiger partial charge in [0.05, 0.1) is 17.4 Å². The molecule has 1 aliphatic rings. The normalized spacial score (nSPS) is 14.7. The molecule has 2 aromatic heterocycles. The highest BCUT2D eigenvalue weighted by atomic mass is 35.5. The smallest absolute Gasteiger partial charge is 0.349 e. The summed E-state index contributed by atoms with van der Waals surface area (Å²) in [5.41, 5.74) is 0.981. The van der Waals surface area contributed by atoms with Gasteiger partial charge in [-0.25, -0.2) is 13.9 Å². The number of aromatic nitrogens is 4. The monoisotopic (exact) mass is 465 g/mol. The summed E-state index contributed by atoms with van der Waals surface area (Å²) >= 11 is 5.96. The third-order valence-corrected chi connectivity index (χ3v) is 6.60. The second kappa shape index (κ2) is 8.51. The lowest BCUT2D eigenvalue weighted by Crippen LogP contribution is -2.36. The summed E-state index contributed by atoms with van der Waals surface area (Å²) in [6.45, 7) is 0.231. The van der Waals surface area contributed by atoms with Gasteiger partial charge in [0.1, 0.15) is 0 Å². The van der Waals surface area contributed by atoms with Crippen molar-refractivity contribution in [3.63, 3.8) is 0 Å². The molecule has 4 aromatic rings. The number of nitrogens with zero attached hydrogens (tertiary/aromatic N) is 4. The van der Waals surface area contributed by atoms with Crippen molar-refractivity contribution in [3.05, 3.63) is 79.5 Å². The molecule has 2 heterocycles. The molecule has 0 unspecified atom stereocenters. The number of hydrogen-bond donors (Lipinski definition) is 1. The molecule has 170 valence electrons. The van der Waals surface area contributed by atoms with Gasteiger partial charge in [-0.15, -0.1) is 5.10 Å². The predicted molar refractivity (Wildman–Crippen MR) is 127 cm³/mol. The number of carbonyl (C=O) groups is 1. The third-order valence-electron chi connectivity index (χ3n) is 6.34. The fourth-order valence-corrected chi connectivity index (χ4v) is 4.64. The molecule has 2 aromatic carbocycles. The topological polar surface area (TPSA) is 90.4 Å². The Balaban J connectivity index is 1.60. The van der Waals surface area contributed by atoms with Gasteiger partial charge < -0.3 is 5.32 Å². The van der Waals surface area contributed by atoms with E-state index in [-0.39, 0.29) is 35.5 Å². The fourth-order valence-electron chi connectivity index (χ4n) is 4.52. The first-order valence-electron chi connectivity index (χ1n) is 11.1. The molecule has 0 spiro atoms. The lowest BCUT2D eigenvalue weighted by Gasteiger charge is -2.22. The quantitative estimate of drug-likeness (QED) is 0.501. The molecule has 5 rings (SSSR count). The Kier molecular flexibility index (Phi) is 5.54. The molecule has 33 heavy (non-hydrogen) atoms. The van der Waals surface area contributed by atoms with Gasteiger partial charge in [-0.05, 0) is 48.7 Å². The molecule has 1 aliphatic carbocycles. The lowest BCUT2D eigenvalue weighted by molar-refractivity contribution is 0.0928. The summed E-state index contributed by atoms with van der Waals surface area (Å²) in [5, 5.41) is 8.45. The van der Waals surface area contributed by atoms with Crippen LogP contribution in [-0.2, 0) is 13.6 Å². The molecule has 0 radical (unpaired) electrons. The van der Waals surface area contributed by atoms with Gasteiger partial charge in [-0.2, -0.15) is 0 Å². The van der Waals surface area contributed by atoms with E-state index in [0.29, 0.717) is 21.5 Å². The van der Waals surface area contributed by atoms with Gasteiger partial charge in [0.2, 0.25) is 5.78 Å². The molecule has 0 atom stereocenters. The van der Waals surface area contributed by atoms with Gasteiger partial charge in [-0.3, -0.25) is 14.2 Å². The molecular formula is C24H24ClN5O3. The lowest BCUT2D eigenvalue weighted by atomic mass is 9.95. The largest absolute Gasteiger partial charge is 0.352 e. The van der Waals surface area contributed by atoms with Crippen molar-refractivity contribution >= 4 is 34.2 Å². The van der Waals surface area contributed by atoms with E-state index in [9.17, 15) is 14.4 Å². The number of amides is 1. The number of aryl methyl sites for hydroxylation is 1. The Morgan fingerprint density at radius 1 is 1.09 bits per heavy atom. The first kappa shape index (κ1) is 21.5. The number of rotatable bonds is 4. The zero-order valence-corrected chi connectivity index (χ0v) is 19.0. The maximum atomic E-state index is 13.3. The summed E-state index contributed by atoms with van der Waals surface area (Å²) in [4.78, 5) is 39.1. The van der Waals surface area contributed by atoms with Crippen LogP contribution in [0.2, 0.25) is 5.02 Å². The molecule has 8 nitrogen and oxygen atoms in total. The van der Waals surface area contributed by atoms with Crippen LogP contribution in [0.25, 0.3) is 16.7 Å². The zero-order valence-electron chi connectivity index (χ0n) is 18.3. The number of halogens is 1. The predicted octanol–water partition coefficient (Wildman–Crippen LogP) is 3.11. The highest BCUT2D eigenvalue weighted by Crippen LogP contribution is 2.19. The van der Waals surface area contributed by atoms with Crippen LogP contribution in [0.5, 0.6) is 0 Å². The second-order valence-corrected chi connectivity index (χ2v) is 9.04. The minimum Gasteiger partial charge on any atom is -0.349 e. The molecule has 1 N–H and O–H groups in total. The zero-order chi connectivity index (χ0) is 23.1. The van der Waals surface area contributed by atoms with E-state index in [2.05, 4.69) is 10.4 Å². The van der Waals surface area contributed by atoms with Crippen LogP contribution >= 0.6 is 11.6 Å². The SMILES string of the molecule is Cn1c(=O)c2ccc(C(=O)NC3CCCCC3)cc2n2c(=O)n(Cc3ccc(Cl)cc3)nc12. The second-order valence-electron chi connectivity index (χ2n) is 8.61. The van der Waals surface area contributed by atoms with Crippen LogP contribution in [0, 0.1) is 0 Å². The Morgan fingerprint density at radius 2 is 1.82 bits per heavy atom. The maximum Gasteiger partial charge on any atom is 0.352 e. The molecule has 1 amide bonds. The maximum absolute atomic E-state index is 13.3. The van der Waals surface area contributed by atoms with Crippen molar-refractivity contribution in [3.8, 4) is 0 Å². The minimum absolute atomic E-state index is 0.162. The average Bonchev–Trinajstić information content (AvgIpc) is 3.15. The molecule has 0 bridgehead atoms. The molecule has 0 aliphatic heterocycles. The number of fused-ring (bicyclic) bond motifs is 3. The highest BCUT2D eigenvalue weighted by Gasteiger charge is 2.20. The van der Waals surface area contributed by atoms with Gasteiger partial charge in [0.25, 0.3) is 11.5 Å². The average molecular weight is 466 g/mol. The van der Waals surface area contributed by atoms with Crippen molar-refractivity contribution in [1.29, 1.82) is 0 Å². The first-order valence-corrected chi connectivity index (χ1v) is 11.5. The fraction of sp³-hybridized carbons (Fsp3) is 0.333. The minimum atomic E-state index is -0.384. The van der Waals surface area contributed by atoms with Gasteiger partial charge in [0.15, 0.2) is 0 Å². The summed E-state index contributed by atoms with van der Waals surface area (Å²) in [6, 6.07) is 12.2. The first-order chi connectivity index (χ1) is 15.9. The van der Waals surface area contributed by atoms with E-state index in [1.54, 1.807) is 37.4 Å². The van der Waals surface area contributed by atoms with E-state index in [0.717, 1.165) is 31.2 Å². The molecule has 1 fully saturated rings. The summed E-state index contributed by atoms with van der Waals surface area (Å²) < 4.78 is 4.06. The van der Waals surface area contributed by atoms with E-state index < -0.39 is 0 Å². The Bertz CT molecular complexity index is 1480. The van der Waals surface area contributed by atoms with Crippen molar-refractivity contribution in [2.75, 3.05) is 0 Å². The van der Waals surface area contributed by atoms with Gasteiger partial charge in [-0.1, -0.05) is 43.0 Å². The summed E-state index contributed by atoms with van der Waals surface area (Å²) in [7, 11) is 1.58. The number of benzene rings is 2. The van der Waals surface area contributed by atoms with E-state index in [4.69, 9.17) is 11.6 Å². The third kappa shape index (κ3) is 3.95. The Morgan fingerprint density at radius 3 is 2.55 bits per heavy atom. The van der Waals surface area contributed by atoms with E-state index in [1.807, 2.05) is 12.1 Å². The molecule has 9 heteroatoms. The van der Waals surface area contributed by atoms with Crippen LogP contribution < -0.4 is 16.6 Å².